The Morgan fingerprint density at radius 1 is 1.25 bits per heavy atom. The molecule has 0 unspecified atom stereocenters. The highest BCUT2D eigenvalue weighted by atomic mass is 127. The molecule has 6 heteroatoms. The van der Waals surface area contributed by atoms with Crippen LogP contribution in [0.3, 0.4) is 0 Å². The van der Waals surface area contributed by atoms with Gasteiger partial charge in [-0.2, -0.15) is 0 Å². The molecule has 3 rings (SSSR count). The fourth-order valence-electron chi connectivity index (χ4n) is 2.31. The molecule has 1 N–H and O–H groups in total. The fourth-order valence-corrected chi connectivity index (χ4v) is 2.85. The van der Waals surface area contributed by atoms with Crippen LogP contribution in [0, 0.1) is 3.57 Å². The maximum atomic E-state index is 12.1. The topological polar surface area (TPSA) is 56.8 Å². The zero-order valence-electron chi connectivity index (χ0n) is 13.0. The summed E-state index contributed by atoms with van der Waals surface area (Å²) in [6, 6.07) is 11.2. The number of hydrogen-bond donors (Lipinski definition) is 1. The summed E-state index contributed by atoms with van der Waals surface area (Å²) in [7, 11) is 1.57. The van der Waals surface area contributed by atoms with E-state index in [1.165, 1.54) is 6.08 Å². The number of anilines is 1. The van der Waals surface area contributed by atoms with Gasteiger partial charge >= 0.3 is 0 Å². The molecule has 0 aliphatic carbocycles. The van der Waals surface area contributed by atoms with Crippen molar-refractivity contribution < 1.29 is 19.0 Å². The highest BCUT2D eigenvalue weighted by Gasteiger charge is 2.17. The molecule has 124 valence electrons. The van der Waals surface area contributed by atoms with E-state index < -0.39 is 0 Å². The Bertz CT molecular complexity index is 771. The molecule has 0 radical (unpaired) electrons. The monoisotopic (exact) mass is 437 g/mol. The number of ether oxygens (including phenoxy) is 3. The molecule has 1 aliphatic rings. The van der Waals surface area contributed by atoms with Gasteiger partial charge in [-0.15, -0.1) is 0 Å². The van der Waals surface area contributed by atoms with E-state index in [1.807, 2.05) is 36.4 Å². The van der Waals surface area contributed by atoms with Crippen LogP contribution in [0.4, 0.5) is 5.69 Å². The van der Waals surface area contributed by atoms with Gasteiger partial charge < -0.3 is 19.5 Å². The summed E-state index contributed by atoms with van der Waals surface area (Å²) in [6.07, 6.45) is 3.19. The third-order valence-electron chi connectivity index (χ3n) is 3.37. The van der Waals surface area contributed by atoms with Crippen molar-refractivity contribution in [3.63, 3.8) is 0 Å². The average molecular weight is 437 g/mol. The molecule has 1 heterocycles. The molecule has 24 heavy (non-hydrogen) atoms. The van der Waals surface area contributed by atoms with Gasteiger partial charge in [0.05, 0.1) is 7.11 Å². The van der Waals surface area contributed by atoms with Crippen molar-refractivity contribution in [1.82, 2.24) is 0 Å². The number of carbonyl (C=O) groups is 1. The first-order valence-electron chi connectivity index (χ1n) is 7.38. The molecule has 2 aromatic rings. The summed E-state index contributed by atoms with van der Waals surface area (Å²) in [6.45, 7) is 0.993. The lowest BCUT2D eigenvalue weighted by Crippen LogP contribution is -2.16. The third-order valence-corrected chi connectivity index (χ3v) is 4.04. The second kappa shape index (κ2) is 7.57. The smallest absolute Gasteiger partial charge is 0.248 e. The van der Waals surface area contributed by atoms with Crippen molar-refractivity contribution in [2.24, 2.45) is 0 Å². The predicted molar refractivity (Wildman–Crippen MR) is 101 cm³/mol. The van der Waals surface area contributed by atoms with E-state index in [2.05, 4.69) is 27.9 Å². The zero-order chi connectivity index (χ0) is 16.9. The zero-order valence-corrected chi connectivity index (χ0v) is 15.2. The van der Waals surface area contributed by atoms with Crippen LogP contribution >= 0.6 is 22.6 Å². The molecule has 1 aliphatic heterocycles. The standard InChI is InChI=1S/C18H16INO4/c1-22-15-9-12(10-16-18(15)24-8-7-23-16)5-6-17(21)20-14-4-2-3-13(19)11-14/h2-6,9-11H,7-8H2,1H3,(H,20,21)/b6-5+. The van der Waals surface area contributed by atoms with Crippen molar-refractivity contribution >= 4 is 40.3 Å². The molecule has 2 aromatic carbocycles. The van der Waals surface area contributed by atoms with Gasteiger partial charge in [-0.25, -0.2) is 0 Å². The molecule has 0 aromatic heterocycles. The van der Waals surface area contributed by atoms with Gasteiger partial charge in [-0.1, -0.05) is 6.07 Å². The van der Waals surface area contributed by atoms with Crippen LogP contribution in [0.1, 0.15) is 5.56 Å². The first-order chi connectivity index (χ1) is 11.7. The first kappa shape index (κ1) is 16.6. The van der Waals surface area contributed by atoms with Gasteiger partial charge in [0.15, 0.2) is 11.5 Å². The highest BCUT2D eigenvalue weighted by Crippen LogP contribution is 2.40. The summed E-state index contributed by atoms with van der Waals surface area (Å²) in [5.41, 5.74) is 1.56. The number of hydrogen-bond acceptors (Lipinski definition) is 4. The van der Waals surface area contributed by atoms with E-state index in [1.54, 1.807) is 13.2 Å². The lowest BCUT2D eigenvalue weighted by Gasteiger charge is -2.20. The van der Waals surface area contributed by atoms with Crippen molar-refractivity contribution in [2.75, 3.05) is 25.6 Å². The second-order valence-corrected chi connectivity index (χ2v) is 6.33. The van der Waals surface area contributed by atoms with Crippen LogP contribution < -0.4 is 19.5 Å². The van der Waals surface area contributed by atoms with Gasteiger partial charge in [-0.05, 0) is 64.6 Å². The van der Waals surface area contributed by atoms with E-state index in [4.69, 9.17) is 14.2 Å². The van der Waals surface area contributed by atoms with Crippen LogP contribution in [0.5, 0.6) is 17.2 Å². The number of rotatable bonds is 4. The van der Waals surface area contributed by atoms with E-state index >= 15 is 0 Å². The Morgan fingerprint density at radius 3 is 2.88 bits per heavy atom. The molecule has 0 saturated heterocycles. The van der Waals surface area contributed by atoms with Crippen LogP contribution in [-0.2, 0) is 4.79 Å². The average Bonchev–Trinajstić information content (AvgIpc) is 2.59. The Balaban J connectivity index is 1.75. The Labute approximate surface area is 153 Å². The minimum atomic E-state index is -0.203. The molecule has 0 atom stereocenters. The third kappa shape index (κ3) is 4.00. The largest absolute Gasteiger partial charge is 0.493 e. The maximum Gasteiger partial charge on any atom is 0.248 e. The minimum Gasteiger partial charge on any atom is -0.493 e. The minimum absolute atomic E-state index is 0.203. The highest BCUT2D eigenvalue weighted by molar-refractivity contribution is 14.1. The molecule has 0 bridgehead atoms. The molecule has 5 nitrogen and oxygen atoms in total. The molecular weight excluding hydrogens is 421 g/mol. The molecule has 0 spiro atoms. The van der Waals surface area contributed by atoms with Crippen molar-refractivity contribution in [3.05, 3.63) is 51.6 Å². The molecular formula is C18H16INO4. The number of carbonyl (C=O) groups excluding carboxylic acids is 1. The molecule has 1 amide bonds. The van der Waals surface area contributed by atoms with Gasteiger partial charge in [0.1, 0.15) is 13.2 Å². The second-order valence-electron chi connectivity index (χ2n) is 5.08. The van der Waals surface area contributed by atoms with Crippen LogP contribution in [-0.4, -0.2) is 26.2 Å². The predicted octanol–water partition coefficient (Wildman–Crippen LogP) is 3.72. The Hall–Kier alpha value is -2.22. The number of fused-ring (bicyclic) bond motifs is 1. The van der Waals surface area contributed by atoms with Gasteiger partial charge in [0, 0.05) is 15.3 Å². The summed E-state index contributed by atoms with van der Waals surface area (Å²) in [4.78, 5) is 12.1. The number of amides is 1. The van der Waals surface area contributed by atoms with Crippen LogP contribution in [0.2, 0.25) is 0 Å². The van der Waals surface area contributed by atoms with E-state index in [0.717, 1.165) is 14.8 Å². The molecule has 0 saturated carbocycles. The van der Waals surface area contributed by atoms with Crippen molar-refractivity contribution in [1.29, 1.82) is 0 Å². The maximum absolute atomic E-state index is 12.1. The molecule has 0 fully saturated rings. The number of methoxy groups -OCH3 is 1. The van der Waals surface area contributed by atoms with Crippen molar-refractivity contribution in [3.8, 4) is 17.2 Å². The van der Waals surface area contributed by atoms with E-state index in [9.17, 15) is 4.79 Å². The van der Waals surface area contributed by atoms with Crippen LogP contribution in [0.25, 0.3) is 6.08 Å². The van der Waals surface area contributed by atoms with E-state index in [-0.39, 0.29) is 5.91 Å². The lowest BCUT2D eigenvalue weighted by atomic mass is 10.1. The Morgan fingerprint density at radius 2 is 2.08 bits per heavy atom. The first-order valence-corrected chi connectivity index (χ1v) is 8.46. The summed E-state index contributed by atoms with van der Waals surface area (Å²) in [5.74, 6) is 1.61. The quantitative estimate of drug-likeness (QED) is 0.586. The number of halogens is 1. The van der Waals surface area contributed by atoms with E-state index in [0.29, 0.717) is 30.5 Å². The summed E-state index contributed by atoms with van der Waals surface area (Å²) in [5, 5.41) is 2.83. The SMILES string of the molecule is COc1cc(/C=C/C(=O)Nc2cccc(I)c2)cc2c1OCCO2. The van der Waals surface area contributed by atoms with Crippen LogP contribution in [0.15, 0.2) is 42.5 Å². The summed E-state index contributed by atoms with van der Waals surface area (Å²) >= 11 is 2.20. The van der Waals surface area contributed by atoms with Gasteiger partial charge in [-0.3, -0.25) is 4.79 Å². The van der Waals surface area contributed by atoms with Gasteiger partial charge in [0.2, 0.25) is 11.7 Å². The number of nitrogens with one attached hydrogen (secondary N) is 1. The Kier molecular flexibility index (Phi) is 5.24. The normalized spacial score (nSPS) is 12.9. The van der Waals surface area contributed by atoms with Gasteiger partial charge in [0.25, 0.3) is 0 Å². The lowest BCUT2D eigenvalue weighted by molar-refractivity contribution is -0.111. The van der Waals surface area contributed by atoms with Crippen molar-refractivity contribution in [2.45, 2.75) is 0 Å². The summed E-state index contributed by atoms with van der Waals surface area (Å²) < 4.78 is 17.5. The fraction of sp³-hybridized carbons (Fsp3) is 0.167. The number of benzene rings is 2.